The quantitative estimate of drug-likeness (QED) is 0.717. The van der Waals surface area contributed by atoms with Crippen LogP contribution >= 0.6 is 0 Å². The number of carboxylic acid groups (broad SMARTS) is 1. The van der Waals surface area contributed by atoms with E-state index in [1.54, 1.807) is 12.1 Å². The van der Waals surface area contributed by atoms with E-state index in [4.69, 9.17) is 0 Å². The predicted molar refractivity (Wildman–Crippen MR) is 82.8 cm³/mol. The lowest BCUT2D eigenvalue weighted by Gasteiger charge is -2.07. The van der Waals surface area contributed by atoms with Gasteiger partial charge in [0.1, 0.15) is 0 Å². The van der Waals surface area contributed by atoms with E-state index in [1.807, 2.05) is 18.2 Å². The highest BCUT2D eigenvalue weighted by Crippen LogP contribution is 2.35. The Bertz CT molecular complexity index is 864. The van der Waals surface area contributed by atoms with Crippen LogP contribution in [0.25, 0.3) is 22.2 Å². The maximum absolute atomic E-state index is 11.2. The molecule has 0 aliphatic carbocycles. The number of nitrogens with one attached hydrogen (secondary N) is 1. The highest BCUT2D eigenvalue weighted by Gasteiger charge is 2.17. The Balaban J connectivity index is 2.02. The van der Waals surface area contributed by atoms with Crippen molar-refractivity contribution in [3.63, 3.8) is 0 Å². The lowest BCUT2D eigenvalue weighted by atomic mass is 10.1. The molecule has 4 rings (SSSR count). The third kappa shape index (κ3) is 1.80. The van der Waals surface area contributed by atoms with E-state index in [0.29, 0.717) is 5.56 Å². The number of nitrogens with zero attached hydrogens (tertiary/aromatic N) is 1. The van der Waals surface area contributed by atoms with E-state index in [-0.39, 0.29) is 0 Å². The molecule has 0 bridgehead atoms. The lowest BCUT2D eigenvalue weighted by molar-refractivity contribution is 0.0697. The lowest BCUT2D eigenvalue weighted by Crippen LogP contribution is -2.07. The number of rotatable bonds is 1. The minimum absolute atomic E-state index is 0.328. The van der Waals surface area contributed by atoms with Crippen LogP contribution in [0, 0.1) is 0 Å². The van der Waals surface area contributed by atoms with Gasteiger partial charge in [-0.1, -0.05) is 24.3 Å². The second-order valence-corrected chi connectivity index (χ2v) is 5.23. The zero-order valence-corrected chi connectivity index (χ0v) is 11.3. The van der Waals surface area contributed by atoms with Crippen LogP contribution in [-0.2, 0) is 6.54 Å². The van der Waals surface area contributed by atoms with Crippen LogP contribution in [0.15, 0.2) is 48.5 Å². The Morgan fingerprint density at radius 2 is 2.00 bits per heavy atom. The van der Waals surface area contributed by atoms with E-state index in [0.717, 1.165) is 40.9 Å². The van der Waals surface area contributed by atoms with Crippen molar-refractivity contribution in [1.29, 1.82) is 0 Å². The maximum atomic E-state index is 11.2. The fourth-order valence-corrected chi connectivity index (χ4v) is 3.01. The number of hydrogen-bond acceptors (Lipinski definition) is 2. The first kappa shape index (κ1) is 12.0. The largest absolute Gasteiger partial charge is 0.478 e. The van der Waals surface area contributed by atoms with E-state index in [9.17, 15) is 9.90 Å². The van der Waals surface area contributed by atoms with Crippen LogP contribution in [-0.4, -0.2) is 22.2 Å². The summed E-state index contributed by atoms with van der Waals surface area (Å²) in [7, 11) is 0. The van der Waals surface area contributed by atoms with Gasteiger partial charge in [0, 0.05) is 35.2 Å². The predicted octanol–water partition coefficient (Wildman–Crippen LogP) is 3.43. The van der Waals surface area contributed by atoms with E-state index in [1.165, 1.54) is 0 Å². The standard InChI is InChI=1S/C17H14N2O2/c20-17(21)12-6-5-11-9-16-13-3-1-2-4-14(13)18-7-8-19(16)15(11)10-12/h1-6,9-10,18H,7-8H2,(H,20,21). The van der Waals surface area contributed by atoms with Crippen LogP contribution in [0.3, 0.4) is 0 Å². The number of carbonyl (C=O) groups is 1. The van der Waals surface area contributed by atoms with E-state index < -0.39 is 5.97 Å². The second kappa shape index (κ2) is 4.38. The van der Waals surface area contributed by atoms with Crippen LogP contribution in [0.2, 0.25) is 0 Å². The van der Waals surface area contributed by atoms with Gasteiger partial charge in [0.15, 0.2) is 0 Å². The van der Waals surface area contributed by atoms with Crippen LogP contribution in [0.5, 0.6) is 0 Å². The fraction of sp³-hybridized carbons (Fsp3) is 0.118. The number of carboxylic acids is 1. The van der Waals surface area contributed by atoms with Crippen molar-refractivity contribution in [1.82, 2.24) is 4.57 Å². The summed E-state index contributed by atoms with van der Waals surface area (Å²) in [4.78, 5) is 11.2. The van der Waals surface area contributed by atoms with Gasteiger partial charge in [-0.15, -0.1) is 0 Å². The van der Waals surface area contributed by atoms with Crippen molar-refractivity contribution in [3.05, 3.63) is 54.1 Å². The molecule has 0 radical (unpaired) electrons. The van der Waals surface area contributed by atoms with Crippen molar-refractivity contribution in [2.75, 3.05) is 11.9 Å². The monoisotopic (exact) mass is 278 g/mol. The molecule has 2 aromatic carbocycles. The number of aromatic carboxylic acids is 1. The molecule has 21 heavy (non-hydrogen) atoms. The van der Waals surface area contributed by atoms with Crippen LogP contribution < -0.4 is 5.32 Å². The molecular formula is C17H14N2O2. The smallest absolute Gasteiger partial charge is 0.335 e. The van der Waals surface area contributed by atoms with Gasteiger partial charge in [-0.05, 0) is 24.3 Å². The van der Waals surface area contributed by atoms with Crippen LogP contribution in [0.4, 0.5) is 5.69 Å². The van der Waals surface area contributed by atoms with Gasteiger partial charge in [0.25, 0.3) is 0 Å². The van der Waals surface area contributed by atoms with Crippen molar-refractivity contribution in [2.24, 2.45) is 0 Å². The van der Waals surface area contributed by atoms with E-state index in [2.05, 4.69) is 28.1 Å². The summed E-state index contributed by atoms with van der Waals surface area (Å²) in [6, 6.07) is 15.7. The number of aromatic nitrogens is 1. The fourth-order valence-electron chi connectivity index (χ4n) is 3.01. The summed E-state index contributed by atoms with van der Waals surface area (Å²) in [5, 5.41) is 13.7. The molecule has 0 saturated carbocycles. The normalized spacial score (nSPS) is 13.1. The van der Waals surface area contributed by atoms with Crippen LogP contribution in [0.1, 0.15) is 10.4 Å². The molecule has 1 aliphatic rings. The topological polar surface area (TPSA) is 54.3 Å². The van der Waals surface area contributed by atoms with Gasteiger partial charge in [-0.2, -0.15) is 0 Å². The van der Waals surface area contributed by atoms with Gasteiger partial charge in [-0.25, -0.2) is 4.79 Å². The number of hydrogen-bond donors (Lipinski definition) is 2. The molecule has 3 aromatic rings. The van der Waals surface area contributed by atoms with Crippen molar-refractivity contribution in [2.45, 2.75) is 6.54 Å². The Kier molecular flexibility index (Phi) is 2.51. The first-order valence-electron chi connectivity index (χ1n) is 6.94. The molecule has 1 aromatic heterocycles. The summed E-state index contributed by atoms with van der Waals surface area (Å²) in [6.45, 7) is 1.64. The van der Waals surface area contributed by atoms with Gasteiger partial charge in [0.05, 0.1) is 11.3 Å². The molecule has 2 N–H and O–H groups in total. The zero-order valence-electron chi connectivity index (χ0n) is 11.3. The molecule has 1 aliphatic heterocycles. The maximum Gasteiger partial charge on any atom is 0.335 e. The summed E-state index contributed by atoms with van der Waals surface area (Å²) in [5.74, 6) is -0.889. The molecule has 0 spiro atoms. The molecular weight excluding hydrogens is 264 g/mol. The average Bonchev–Trinajstić information content (AvgIpc) is 2.75. The zero-order chi connectivity index (χ0) is 14.4. The Morgan fingerprint density at radius 1 is 1.14 bits per heavy atom. The molecule has 0 unspecified atom stereocenters. The van der Waals surface area contributed by atoms with Gasteiger partial charge >= 0.3 is 5.97 Å². The Hall–Kier alpha value is -2.75. The summed E-state index contributed by atoms with van der Waals surface area (Å²) >= 11 is 0. The molecule has 104 valence electrons. The number of fused-ring (bicyclic) bond motifs is 5. The molecule has 0 saturated heterocycles. The SMILES string of the molecule is O=C(O)c1ccc2cc3n(c2c1)CCNc1ccccc1-3. The molecule has 4 heteroatoms. The summed E-state index contributed by atoms with van der Waals surface area (Å²) in [5.41, 5.74) is 4.71. The minimum atomic E-state index is -0.889. The average molecular weight is 278 g/mol. The number of para-hydroxylation sites is 1. The number of anilines is 1. The Morgan fingerprint density at radius 3 is 2.86 bits per heavy atom. The van der Waals surface area contributed by atoms with Crippen molar-refractivity contribution in [3.8, 4) is 11.3 Å². The second-order valence-electron chi connectivity index (χ2n) is 5.23. The highest BCUT2D eigenvalue weighted by molar-refractivity contribution is 5.96. The van der Waals surface area contributed by atoms with E-state index >= 15 is 0 Å². The molecule has 0 fully saturated rings. The first-order chi connectivity index (χ1) is 10.2. The minimum Gasteiger partial charge on any atom is -0.478 e. The molecule has 0 amide bonds. The third-order valence-electron chi connectivity index (χ3n) is 4.01. The highest BCUT2D eigenvalue weighted by atomic mass is 16.4. The summed E-state index contributed by atoms with van der Waals surface area (Å²) in [6.07, 6.45) is 0. The van der Waals surface area contributed by atoms with Gasteiger partial charge in [-0.3, -0.25) is 0 Å². The van der Waals surface area contributed by atoms with Crippen molar-refractivity contribution >= 4 is 22.6 Å². The van der Waals surface area contributed by atoms with Gasteiger partial charge in [0.2, 0.25) is 0 Å². The van der Waals surface area contributed by atoms with Crippen molar-refractivity contribution < 1.29 is 9.90 Å². The molecule has 0 atom stereocenters. The first-order valence-corrected chi connectivity index (χ1v) is 6.94. The molecule has 2 heterocycles. The van der Waals surface area contributed by atoms with Gasteiger partial charge < -0.3 is 15.0 Å². The molecule has 4 nitrogen and oxygen atoms in total. The Labute approximate surface area is 121 Å². The summed E-state index contributed by atoms with van der Waals surface area (Å²) < 4.78 is 2.20. The third-order valence-corrected chi connectivity index (χ3v) is 4.01. The number of benzene rings is 2.